The van der Waals surface area contributed by atoms with Crippen LogP contribution < -0.4 is 0 Å². The second kappa shape index (κ2) is 2.51. The molecule has 0 saturated carbocycles. The van der Waals surface area contributed by atoms with E-state index in [1.165, 1.54) is 23.1 Å². The zero-order valence-corrected chi connectivity index (χ0v) is 7.65. The zero-order valence-electron chi connectivity index (χ0n) is 7.65. The van der Waals surface area contributed by atoms with Gasteiger partial charge in [0.25, 0.3) is 0 Å². The SMILES string of the molecule is Cc1cc(C)c2c(c1O)CCC2. The quantitative estimate of drug-likeness (QED) is 0.621. The number of fused-ring (bicyclic) bond motifs is 1. The minimum Gasteiger partial charge on any atom is -0.507 e. The Hall–Kier alpha value is -0.980. The molecule has 1 aromatic rings. The van der Waals surface area contributed by atoms with Gasteiger partial charge in [0.1, 0.15) is 5.75 Å². The molecular weight excluding hydrogens is 148 g/mol. The molecule has 0 aromatic heterocycles. The van der Waals surface area contributed by atoms with Crippen LogP contribution in [0.5, 0.6) is 5.75 Å². The summed E-state index contributed by atoms with van der Waals surface area (Å²) in [5, 5.41) is 9.74. The standard InChI is InChI=1S/C11H14O/c1-7-6-8(2)11(12)10-5-3-4-9(7)10/h6,12H,3-5H2,1-2H3. The van der Waals surface area contributed by atoms with Gasteiger partial charge < -0.3 is 5.11 Å². The molecular formula is C11H14O. The smallest absolute Gasteiger partial charge is 0.121 e. The first kappa shape index (κ1) is 7.66. The number of aryl methyl sites for hydroxylation is 2. The van der Waals surface area contributed by atoms with Crippen LogP contribution in [0.2, 0.25) is 0 Å². The van der Waals surface area contributed by atoms with Gasteiger partial charge in [-0.05, 0) is 55.4 Å². The topological polar surface area (TPSA) is 20.2 Å². The maximum absolute atomic E-state index is 9.74. The van der Waals surface area contributed by atoms with Gasteiger partial charge in [0.2, 0.25) is 0 Å². The highest BCUT2D eigenvalue weighted by atomic mass is 16.3. The third kappa shape index (κ3) is 0.927. The average molecular weight is 162 g/mol. The fourth-order valence-electron chi connectivity index (χ4n) is 2.16. The zero-order chi connectivity index (χ0) is 8.72. The Bertz CT molecular complexity index is 326. The van der Waals surface area contributed by atoms with Crippen molar-refractivity contribution < 1.29 is 5.11 Å². The number of aromatic hydroxyl groups is 1. The summed E-state index contributed by atoms with van der Waals surface area (Å²) in [7, 11) is 0. The van der Waals surface area contributed by atoms with Crippen LogP contribution in [-0.4, -0.2) is 5.11 Å². The fraction of sp³-hybridized carbons (Fsp3) is 0.455. The van der Waals surface area contributed by atoms with Crippen LogP contribution >= 0.6 is 0 Å². The van der Waals surface area contributed by atoms with E-state index in [1.807, 2.05) is 6.92 Å². The van der Waals surface area contributed by atoms with Crippen molar-refractivity contribution in [2.75, 3.05) is 0 Å². The van der Waals surface area contributed by atoms with Gasteiger partial charge in [0, 0.05) is 0 Å². The molecule has 12 heavy (non-hydrogen) atoms. The maximum Gasteiger partial charge on any atom is 0.121 e. The molecule has 0 radical (unpaired) electrons. The first-order valence-corrected chi connectivity index (χ1v) is 4.51. The fourth-order valence-corrected chi connectivity index (χ4v) is 2.16. The summed E-state index contributed by atoms with van der Waals surface area (Å²) in [6, 6.07) is 2.08. The Morgan fingerprint density at radius 3 is 2.50 bits per heavy atom. The molecule has 0 atom stereocenters. The second-order valence-electron chi connectivity index (χ2n) is 3.67. The van der Waals surface area contributed by atoms with Crippen LogP contribution in [0.3, 0.4) is 0 Å². The lowest BCUT2D eigenvalue weighted by Crippen LogP contribution is -1.90. The molecule has 0 heterocycles. The van der Waals surface area contributed by atoms with Gasteiger partial charge in [-0.2, -0.15) is 0 Å². The highest BCUT2D eigenvalue weighted by Crippen LogP contribution is 2.34. The molecule has 0 bridgehead atoms. The molecule has 64 valence electrons. The largest absolute Gasteiger partial charge is 0.507 e. The molecule has 0 spiro atoms. The summed E-state index contributed by atoms with van der Waals surface area (Å²) in [6.45, 7) is 4.11. The summed E-state index contributed by atoms with van der Waals surface area (Å²) < 4.78 is 0. The van der Waals surface area contributed by atoms with Crippen LogP contribution in [0.15, 0.2) is 6.07 Å². The molecule has 1 heteroatoms. The molecule has 0 amide bonds. The first-order chi connectivity index (χ1) is 5.70. The van der Waals surface area contributed by atoms with Gasteiger partial charge in [0.05, 0.1) is 0 Å². The molecule has 0 saturated heterocycles. The molecule has 2 rings (SSSR count). The highest BCUT2D eigenvalue weighted by Gasteiger charge is 2.17. The van der Waals surface area contributed by atoms with E-state index in [2.05, 4.69) is 13.0 Å². The van der Waals surface area contributed by atoms with Crippen molar-refractivity contribution in [3.05, 3.63) is 28.3 Å². The molecule has 0 aliphatic heterocycles. The third-order valence-electron chi connectivity index (χ3n) is 2.79. The normalized spacial score (nSPS) is 14.8. The molecule has 0 fully saturated rings. The Kier molecular flexibility index (Phi) is 1.60. The lowest BCUT2D eigenvalue weighted by atomic mass is 10.00. The van der Waals surface area contributed by atoms with Crippen molar-refractivity contribution >= 4 is 0 Å². The Morgan fingerprint density at radius 2 is 1.75 bits per heavy atom. The van der Waals surface area contributed by atoms with Gasteiger partial charge in [0.15, 0.2) is 0 Å². The van der Waals surface area contributed by atoms with E-state index in [0.717, 1.165) is 18.4 Å². The van der Waals surface area contributed by atoms with E-state index in [9.17, 15) is 5.11 Å². The molecule has 1 aromatic carbocycles. The maximum atomic E-state index is 9.74. The lowest BCUT2D eigenvalue weighted by molar-refractivity contribution is 0.464. The number of benzene rings is 1. The van der Waals surface area contributed by atoms with Crippen LogP contribution in [0.4, 0.5) is 0 Å². The second-order valence-corrected chi connectivity index (χ2v) is 3.67. The minimum atomic E-state index is 0.535. The van der Waals surface area contributed by atoms with Crippen molar-refractivity contribution in [1.29, 1.82) is 0 Å². The van der Waals surface area contributed by atoms with Crippen LogP contribution in [-0.2, 0) is 12.8 Å². The van der Waals surface area contributed by atoms with E-state index in [0.29, 0.717) is 5.75 Å². The van der Waals surface area contributed by atoms with E-state index >= 15 is 0 Å². The lowest BCUT2D eigenvalue weighted by Gasteiger charge is -2.08. The summed E-state index contributed by atoms with van der Waals surface area (Å²) in [5.74, 6) is 0.535. The third-order valence-corrected chi connectivity index (χ3v) is 2.79. The van der Waals surface area contributed by atoms with Gasteiger partial charge >= 0.3 is 0 Å². The average Bonchev–Trinajstić information content (AvgIpc) is 2.48. The predicted octanol–water partition coefficient (Wildman–Crippen LogP) is 2.50. The first-order valence-electron chi connectivity index (χ1n) is 4.51. The number of rotatable bonds is 0. The summed E-state index contributed by atoms with van der Waals surface area (Å²) in [6.07, 6.45) is 3.41. The van der Waals surface area contributed by atoms with Crippen molar-refractivity contribution in [2.24, 2.45) is 0 Å². The van der Waals surface area contributed by atoms with Crippen molar-refractivity contribution in [2.45, 2.75) is 33.1 Å². The Balaban J connectivity index is 2.69. The molecule has 1 N–H and O–H groups in total. The summed E-state index contributed by atoms with van der Waals surface area (Å²) in [4.78, 5) is 0. The van der Waals surface area contributed by atoms with E-state index < -0.39 is 0 Å². The van der Waals surface area contributed by atoms with Gasteiger partial charge in [-0.3, -0.25) is 0 Å². The number of phenols is 1. The van der Waals surface area contributed by atoms with E-state index in [4.69, 9.17) is 0 Å². The van der Waals surface area contributed by atoms with E-state index in [1.54, 1.807) is 0 Å². The molecule has 1 nitrogen and oxygen atoms in total. The highest BCUT2D eigenvalue weighted by molar-refractivity contribution is 5.51. The van der Waals surface area contributed by atoms with E-state index in [-0.39, 0.29) is 0 Å². The van der Waals surface area contributed by atoms with Gasteiger partial charge in [-0.1, -0.05) is 6.07 Å². The monoisotopic (exact) mass is 162 g/mol. The number of hydrogen-bond acceptors (Lipinski definition) is 1. The van der Waals surface area contributed by atoms with Gasteiger partial charge in [-0.15, -0.1) is 0 Å². The summed E-state index contributed by atoms with van der Waals surface area (Å²) >= 11 is 0. The van der Waals surface area contributed by atoms with Crippen LogP contribution in [0.1, 0.15) is 28.7 Å². The van der Waals surface area contributed by atoms with Crippen molar-refractivity contribution in [1.82, 2.24) is 0 Å². The minimum absolute atomic E-state index is 0.535. The number of phenolic OH excluding ortho intramolecular Hbond substituents is 1. The van der Waals surface area contributed by atoms with Crippen molar-refractivity contribution in [3.63, 3.8) is 0 Å². The van der Waals surface area contributed by atoms with Crippen LogP contribution in [0.25, 0.3) is 0 Å². The van der Waals surface area contributed by atoms with Gasteiger partial charge in [-0.25, -0.2) is 0 Å². The molecule has 1 aliphatic rings. The Morgan fingerprint density at radius 1 is 1.08 bits per heavy atom. The predicted molar refractivity (Wildman–Crippen MR) is 49.6 cm³/mol. The number of hydrogen-bond donors (Lipinski definition) is 1. The summed E-state index contributed by atoms with van der Waals surface area (Å²) in [5.41, 5.74) is 4.96. The van der Waals surface area contributed by atoms with Crippen LogP contribution in [0, 0.1) is 13.8 Å². The molecule has 1 aliphatic carbocycles. The molecule has 0 unspecified atom stereocenters. The Labute approximate surface area is 73.0 Å². The van der Waals surface area contributed by atoms with Crippen molar-refractivity contribution in [3.8, 4) is 5.75 Å².